The number of hydrogen-bond donors (Lipinski definition) is 2. The van der Waals surface area contributed by atoms with Gasteiger partial charge in [0.25, 0.3) is 0 Å². The Morgan fingerprint density at radius 3 is 3.17 bits per heavy atom. The number of anilines is 1. The molecule has 24 heavy (non-hydrogen) atoms. The van der Waals surface area contributed by atoms with Crippen LogP contribution in [0.25, 0.3) is 11.0 Å². The first-order valence-electron chi connectivity index (χ1n) is 8.87. The monoisotopic (exact) mass is 328 g/mol. The highest BCUT2D eigenvalue weighted by molar-refractivity contribution is 5.97. The van der Waals surface area contributed by atoms with Crippen LogP contribution >= 0.6 is 0 Å². The van der Waals surface area contributed by atoms with E-state index < -0.39 is 0 Å². The predicted octanol–water partition coefficient (Wildman–Crippen LogP) is 2.08. The molecular weight excluding hydrogens is 304 g/mol. The number of fused-ring (bicyclic) bond motifs is 3. The van der Waals surface area contributed by atoms with Crippen LogP contribution in [0.2, 0.25) is 0 Å². The Kier molecular flexibility index (Phi) is 4.24. The molecule has 0 saturated carbocycles. The van der Waals surface area contributed by atoms with E-state index in [2.05, 4.69) is 21.3 Å². The standard InChI is InChI=1S/C18H24N4O2/c1-12-17(19-8-10-24-12)18(23)20-13-6-7-15-14(11-13)21-16-5-3-2-4-9-22(15)16/h6-7,11-12,17,19H,2-5,8-10H2,1H3,(H,20,23)/t12-,17+/m1/s1. The van der Waals surface area contributed by atoms with Crippen LogP contribution in [0.5, 0.6) is 0 Å². The number of nitrogens with zero attached hydrogens (tertiary/aromatic N) is 2. The lowest BCUT2D eigenvalue weighted by Crippen LogP contribution is -2.53. The lowest BCUT2D eigenvalue weighted by molar-refractivity contribution is -0.123. The third kappa shape index (κ3) is 2.91. The quantitative estimate of drug-likeness (QED) is 0.886. The molecule has 3 heterocycles. The Balaban J connectivity index is 1.56. The number of nitrogens with one attached hydrogen (secondary N) is 2. The first kappa shape index (κ1) is 15.6. The number of carbonyl (C=O) groups excluding carboxylic acids is 1. The molecule has 1 fully saturated rings. The minimum atomic E-state index is -0.312. The summed E-state index contributed by atoms with van der Waals surface area (Å²) in [6, 6.07) is 5.70. The zero-order valence-corrected chi connectivity index (χ0v) is 14.0. The van der Waals surface area contributed by atoms with Crippen molar-refractivity contribution in [2.24, 2.45) is 0 Å². The summed E-state index contributed by atoms with van der Waals surface area (Å²) in [4.78, 5) is 17.3. The molecule has 0 radical (unpaired) electrons. The number of hydrogen-bond acceptors (Lipinski definition) is 4. The Morgan fingerprint density at radius 1 is 1.38 bits per heavy atom. The molecule has 0 bridgehead atoms. The van der Waals surface area contributed by atoms with Crippen LogP contribution in [0.15, 0.2) is 18.2 Å². The molecule has 0 unspecified atom stereocenters. The first-order chi connectivity index (χ1) is 11.7. The van der Waals surface area contributed by atoms with Crippen LogP contribution in [-0.4, -0.2) is 40.8 Å². The van der Waals surface area contributed by atoms with Crippen LogP contribution in [0.3, 0.4) is 0 Å². The number of benzene rings is 1. The van der Waals surface area contributed by atoms with Crippen molar-refractivity contribution in [2.75, 3.05) is 18.5 Å². The molecule has 2 atom stereocenters. The summed E-state index contributed by atoms with van der Waals surface area (Å²) in [7, 11) is 0. The fourth-order valence-corrected chi connectivity index (χ4v) is 3.67. The van der Waals surface area contributed by atoms with Gasteiger partial charge < -0.3 is 19.9 Å². The highest BCUT2D eigenvalue weighted by Gasteiger charge is 2.28. The van der Waals surface area contributed by atoms with Crippen molar-refractivity contribution in [1.29, 1.82) is 0 Å². The number of aromatic nitrogens is 2. The second-order valence-electron chi connectivity index (χ2n) is 6.69. The summed E-state index contributed by atoms with van der Waals surface area (Å²) >= 11 is 0. The van der Waals surface area contributed by atoms with E-state index in [0.717, 1.165) is 29.7 Å². The van der Waals surface area contributed by atoms with Crippen molar-refractivity contribution in [3.05, 3.63) is 24.0 Å². The molecule has 2 aliphatic heterocycles. The largest absolute Gasteiger partial charge is 0.375 e. The molecule has 6 nitrogen and oxygen atoms in total. The van der Waals surface area contributed by atoms with Crippen LogP contribution < -0.4 is 10.6 Å². The molecular formula is C18H24N4O2. The van der Waals surface area contributed by atoms with E-state index in [9.17, 15) is 4.79 Å². The van der Waals surface area contributed by atoms with Gasteiger partial charge in [-0.15, -0.1) is 0 Å². The van der Waals surface area contributed by atoms with Crippen molar-refractivity contribution in [2.45, 2.75) is 51.3 Å². The minimum absolute atomic E-state index is 0.0534. The third-order valence-electron chi connectivity index (χ3n) is 4.98. The van der Waals surface area contributed by atoms with E-state index in [1.54, 1.807) is 0 Å². The molecule has 1 aromatic heterocycles. The fourth-order valence-electron chi connectivity index (χ4n) is 3.67. The maximum atomic E-state index is 12.5. The van der Waals surface area contributed by atoms with Crippen LogP contribution in [0, 0.1) is 0 Å². The molecule has 1 aromatic carbocycles. The van der Waals surface area contributed by atoms with E-state index in [1.807, 2.05) is 19.1 Å². The molecule has 1 saturated heterocycles. The molecule has 1 amide bonds. The Hall–Kier alpha value is -1.92. The molecule has 0 spiro atoms. The van der Waals surface area contributed by atoms with Gasteiger partial charge in [-0.2, -0.15) is 0 Å². The lowest BCUT2D eigenvalue weighted by Gasteiger charge is -2.29. The predicted molar refractivity (Wildman–Crippen MR) is 93.1 cm³/mol. The average molecular weight is 328 g/mol. The highest BCUT2D eigenvalue weighted by atomic mass is 16.5. The molecule has 4 rings (SSSR count). The zero-order valence-electron chi connectivity index (χ0n) is 14.0. The van der Waals surface area contributed by atoms with Crippen molar-refractivity contribution in [3.63, 3.8) is 0 Å². The van der Waals surface area contributed by atoms with Gasteiger partial charge in [0.15, 0.2) is 0 Å². The highest BCUT2D eigenvalue weighted by Crippen LogP contribution is 2.24. The van der Waals surface area contributed by atoms with E-state index in [-0.39, 0.29) is 18.1 Å². The van der Waals surface area contributed by atoms with Gasteiger partial charge in [0, 0.05) is 25.2 Å². The Bertz CT molecular complexity index is 755. The van der Waals surface area contributed by atoms with Gasteiger partial charge in [-0.25, -0.2) is 4.98 Å². The van der Waals surface area contributed by atoms with E-state index >= 15 is 0 Å². The van der Waals surface area contributed by atoms with Crippen molar-refractivity contribution >= 4 is 22.6 Å². The van der Waals surface area contributed by atoms with Gasteiger partial charge in [-0.05, 0) is 38.0 Å². The van der Waals surface area contributed by atoms with Gasteiger partial charge in [-0.3, -0.25) is 4.79 Å². The second kappa shape index (κ2) is 6.53. The zero-order chi connectivity index (χ0) is 16.5. The van der Waals surface area contributed by atoms with E-state index in [4.69, 9.17) is 9.72 Å². The van der Waals surface area contributed by atoms with E-state index in [1.165, 1.54) is 25.1 Å². The molecule has 2 aliphatic rings. The number of amides is 1. The third-order valence-corrected chi connectivity index (χ3v) is 4.98. The van der Waals surface area contributed by atoms with Crippen LogP contribution in [-0.2, 0) is 22.5 Å². The maximum absolute atomic E-state index is 12.5. The van der Waals surface area contributed by atoms with Crippen molar-refractivity contribution < 1.29 is 9.53 Å². The summed E-state index contributed by atoms with van der Waals surface area (Å²) in [5, 5.41) is 6.21. The normalized spacial score (nSPS) is 24.4. The molecule has 6 heteroatoms. The number of morpholine rings is 1. The summed E-state index contributed by atoms with van der Waals surface area (Å²) < 4.78 is 7.87. The number of ether oxygens (including phenoxy) is 1. The summed E-state index contributed by atoms with van der Waals surface area (Å²) in [5.74, 6) is 1.12. The average Bonchev–Trinajstić information content (AvgIpc) is 2.75. The second-order valence-corrected chi connectivity index (χ2v) is 6.69. The fraction of sp³-hybridized carbons (Fsp3) is 0.556. The van der Waals surface area contributed by atoms with Gasteiger partial charge in [0.05, 0.1) is 23.7 Å². The van der Waals surface area contributed by atoms with Gasteiger partial charge >= 0.3 is 0 Å². The van der Waals surface area contributed by atoms with Crippen molar-refractivity contribution in [3.8, 4) is 0 Å². The Labute approximate surface area is 141 Å². The van der Waals surface area contributed by atoms with Crippen LogP contribution in [0.1, 0.15) is 32.0 Å². The number of imidazole rings is 1. The van der Waals surface area contributed by atoms with Crippen molar-refractivity contribution in [1.82, 2.24) is 14.9 Å². The Morgan fingerprint density at radius 2 is 2.29 bits per heavy atom. The first-order valence-corrected chi connectivity index (χ1v) is 8.87. The summed E-state index contributed by atoms with van der Waals surface area (Å²) in [5.41, 5.74) is 2.92. The lowest BCUT2D eigenvalue weighted by atomic mass is 10.1. The van der Waals surface area contributed by atoms with Gasteiger partial charge in [0.1, 0.15) is 11.9 Å². The summed E-state index contributed by atoms with van der Waals surface area (Å²) in [6.07, 6.45) is 4.61. The van der Waals surface area contributed by atoms with E-state index in [0.29, 0.717) is 13.2 Å². The number of carbonyl (C=O) groups is 1. The maximum Gasteiger partial charge on any atom is 0.244 e. The molecule has 128 valence electrons. The molecule has 2 aromatic rings. The summed E-state index contributed by atoms with van der Waals surface area (Å²) in [6.45, 7) is 4.32. The minimum Gasteiger partial charge on any atom is -0.375 e. The SMILES string of the molecule is C[C@H]1OCCN[C@@H]1C(=O)Nc1ccc2c(c1)nc1n2CCCCC1. The number of rotatable bonds is 2. The van der Waals surface area contributed by atoms with Crippen LogP contribution in [0.4, 0.5) is 5.69 Å². The van der Waals surface area contributed by atoms with Gasteiger partial charge in [0.2, 0.25) is 5.91 Å². The van der Waals surface area contributed by atoms with Gasteiger partial charge in [-0.1, -0.05) is 6.42 Å². The number of aryl methyl sites for hydroxylation is 2. The smallest absolute Gasteiger partial charge is 0.244 e. The molecule has 2 N–H and O–H groups in total. The topological polar surface area (TPSA) is 68.2 Å². The molecule has 0 aliphatic carbocycles.